The number of unbranched alkanes of at least 4 members (excludes halogenated alkanes) is 23. The van der Waals surface area contributed by atoms with Crippen molar-refractivity contribution in [3.05, 3.63) is 11.6 Å². The molecule has 20 heteroatoms. The van der Waals surface area contributed by atoms with E-state index in [2.05, 4.69) is 55.4 Å². The number of aliphatic hydroxyl groups is 3. The van der Waals surface area contributed by atoms with Crippen molar-refractivity contribution in [2.45, 2.75) is 511 Å². The molecule has 4 aliphatic heterocycles. The van der Waals surface area contributed by atoms with Crippen LogP contribution in [0.1, 0.15) is 468 Å². The topological polar surface area (TPSA) is 274 Å². The van der Waals surface area contributed by atoms with Crippen LogP contribution in [0.2, 0.25) is 0 Å². The molecule has 124 heavy (non-hydrogen) atoms. The molecule has 726 valence electrons. The number of carbonyl (C=O) groups excluding carboxylic acids is 8. The Hall–Kier alpha value is -4.50. The van der Waals surface area contributed by atoms with Crippen molar-refractivity contribution in [3.8, 4) is 0 Å². The molecule has 1 amide bonds. The van der Waals surface area contributed by atoms with Gasteiger partial charge in [-0.05, 0) is 223 Å². The molecule has 0 bridgehead atoms. The van der Waals surface area contributed by atoms with Crippen molar-refractivity contribution < 1.29 is 91.6 Å². The first-order chi connectivity index (χ1) is 59.9. The van der Waals surface area contributed by atoms with Gasteiger partial charge in [0.2, 0.25) is 5.91 Å². The zero-order valence-electron chi connectivity index (χ0n) is 82.2. The van der Waals surface area contributed by atoms with E-state index in [1.807, 2.05) is 38.7 Å². The zero-order valence-corrected chi connectivity index (χ0v) is 82.2. The van der Waals surface area contributed by atoms with Crippen molar-refractivity contribution >= 4 is 47.5 Å². The molecule has 0 aromatic heterocycles. The second-order valence-electron chi connectivity index (χ2n) is 37.3. The van der Waals surface area contributed by atoms with Crippen LogP contribution in [-0.4, -0.2) is 158 Å². The Labute approximate surface area is 757 Å². The predicted molar refractivity (Wildman–Crippen MR) is 501 cm³/mol. The molecule has 8 fully saturated rings. The van der Waals surface area contributed by atoms with E-state index >= 15 is 0 Å². The van der Waals surface area contributed by atoms with Gasteiger partial charge in [-0.2, -0.15) is 0 Å². The number of rotatable bonds is 53. The highest BCUT2D eigenvalue weighted by Crippen LogP contribution is 2.48. The summed E-state index contributed by atoms with van der Waals surface area (Å²) in [6.07, 6.45) is 67.2. The van der Waals surface area contributed by atoms with Crippen molar-refractivity contribution in [1.82, 2.24) is 4.90 Å². The quantitative estimate of drug-likeness (QED) is 0.0168. The number of methoxy groups -OCH3 is 3. The number of carbonyl (C=O) groups is 8. The molecular formula is C104H191NO19. The molecular weight excluding hydrogens is 1570 g/mol. The second-order valence-corrected chi connectivity index (χ2v) is 37.3. The number of hydrogen-bond donors (Lipinski definition) is 3. The molecule has 20 nitrogen and oxygen atoms in total. The zero-order chi connectivity index (χ0) is 92.0. The van der Waals surface area contributed by atoms with Gasteiger partial charge in [-0.15, -0.1) is 0 Å². The SMILES string of the molecule is CCCCCC1C(=O)CCC1CC(=O)N(CC)CC.CCCCCC1C(CC(=O)OC)CCC1(OC)OC.CCCCCC1C(O)CCC1CC(=O)OCC=C(C)C.CCCCCC1C(O)CCC1CCO.CCCCCC1CCC(=O)O1.CCCCCCCC1CCC(=O)O1.CCCCCCCC1CCCC(=O)O1.CCCCCCCCC1CCC(=O)O1. The lowest BCUT2D eigenvalue weighted by molar-refractivity contribution is -0.233. The number of hydrogen-bond acceptors (Lipinski definition) is 19. The minimum atomic E-state index is -0.508. The van der Waals surface area contributed by atoms with Gasteiger partial charge >= 0.3 is 35.8 Å². The van der Waals surface area contributed by atoms with Gasteiger partial charge in [-0.3, -0.25) is 38.4 Å². The highest BCUT2D eigenvalue weighted by Gasteiger charge is 2.50. The lowest BCUT2D eigenvalue weighted by Crippen LogP contribution is -2.40. The number of Topliss-reactive ketones (excluding diaryl/α,β-unsaturated/α-hetero) is 1. The van der Waals surface area contributed by atoms with Gasteiger partial charge in [0.15, 0.2) is 5.79 Å². The van der Waals surface area contributed by atoms with E-state index in [1.54, 1.807) is 14.2 Å². The summed E-state index contributed by atoms with van der Waals surface area (Å²) in [5.74, 6) is 2.56. The fourth-order valence-electron chi connectivity index (χ4n) is 19.3. The lowest BCUT2D eigenvalue weighted by Gasteiger charge is -2.35. The number of cyclic esters (lactones) is 4. The Morgan fingerprint density at radius 2 is 0.774 bits per heavy atom. The molecule has 0 spiro atoms. The fraction of sp³-hybridized carbons (Fsp3) is 0.904. The normalized spacial score (nSPS) is 24.5. The Bertz CT molecular complexity index is 2710. The Kier molecular flexibility index (Phi) is 72.2. The molecule has 8 aliphatic rings. The van der Waals surface area contributed by atoms with Crippen LogP contribution in [0, 0.1) is 47.3 Å². The summed E-state index contributed by atoms with van der Waals surface area (Å²) in [5.41, 5.74) is 1.16. The summed E-state index contributed by atoms with van der Waals surface area (Å²) in [6.45, 7) is 27.8. The number of allylic oxidation sites excluding steroid dienone is 1. The van der Waals surface area contributed by atoms with Crippen LogP contribution in [0.25, 0.3) is 0 Å². The van der Waals surface area contributed by atoms with E-state index in [0.29, 0.717) is 93.3 Å². The van der Waals surface area contributed by atoms with Crippen LogP contribution in [0.15, 0.2) is 11.6 Å². The molecule has 0 aromatic carbocycles. The highest BCUT2D eigenvalue weighted by atomic mass is 16.7. The highest BCUT2D eigenvalue weighted by molar-refractivity contribution is 5.85. The van der Waals surface area contributed by atoms with Crippen LogP contribution in [-0.2, 0) is 76.3 Å². The molecule has 0 aromatic rings. The maximum absolute atomic E-state index is 12.2. The first-order valence-corrected chi connectivity index (χ1v) is 51.4. The van der Waals surface area contributed by atoms with Crippen LogP contribution in [0.4, 0.5) is 0 Å². The van der Waals surface area contributed by atoms with Gasteiger partial charge in [0.05, 0.1) is 19.3 Å². The minimum absolute atomic E-state index is 0.000910. The monoisotopic (exact) mass is 1760 g/mol. The van der Waals surface area contributed by atoms with E-state index in [4.69, 9.17) is 43.0 Å². The van der Waals surface area contributed by atoms with Gasteiger partial charge in [0.1, 0.15) is 36.8 Å². The summed E-state index contributed by atoms with van der Waals surface area (Å²) in [4.78, 5) is 92.6. The van der Waals surface area contributed by atoms with Gasteiger partial charge < -0.3 is 58.1 Å². The third kappa shape index (κ3) is 54.2. The largest absolute Gasteiger partial charge is 0.469 e. The molecule has 4 aliphatic carbocycles. The maximum Gasteiger partial charge on any atom is 0.306 e. The third-order valence-corrected chi connectivity index (χ3v) is 27.1. The van der Waals surface area contributed by atoms with E-state index < -0.39 is 5.79 Å². The number of amides is 1. The molecule has 8 rings (SSSR count). The number of esters is 6. The number of aliphatic hydroxyl groups excluding tert-OH is 3. The molecule has 3 N–H and O–H groups in total. The molecule has 4 heterocycles. The summed E-state index contributed by atoms with van der Waals surface area (Å²) in [5, 5.41) is 28.8. The van der Waals surface area contributed by atoms with Crippen LogP contribution in [0.5, 0.6) is 0 Å². The van der Waals surface area contributed by atoms with E-state index in [0.717, 1.165) is 173 Å². The second kappa shape index (κ2) is 76.2. The molecule has 4 saturated heterocycles. The third-order valence-electron chi connectivity index (χ3n) is 27.1. The first-order valence-electron chi connectivity index (χ1n) is 51.4. The van der Waals surface area contributed by atoms with Crippen molar-refractivity contribution in [2.24, 2.45) is 47.3 Å². The summed E-state index contributed by atoms with van der Waals surface area (Å²) in [6, 6.07) is 0. The first kappa shape index (κ1) is 118. The predicted octanol–water partition coefficient (Wildman–Crippen LogP) is 25.0. The van der Waals surface area contributed by atoms with Gasteiger partial charge in [-0.1, -0.05) is 234 Å². The Balaban J connectivity index is 0.000000713. The summed E-state index contributed by atoms with van der Waals surface area (Å²) in [7, 11) is 4.86. The molecule has 0 radical (unpaired) electrons. The number of ether oxygens (including phenoxy) is 8. The van der Waals surface area contributed by atoms with Gasteiger partial charge in [-0.25, -0.2) is 0 Å². The number of nitrogens with zero attached hydrogens (tertiary/aromatic N) is 1. The van der Waals surface area contributed by atoms with Crippen molar-refractivity contribution in [3.63, 3.8) is 0 Å². The van der Waals surface area contributed by atoms with Crippen molar-refractivity contribution in [2.75, 3.05) is 47.6 Å². The van der Waals surface area contributed by atoms with Crippen molar-refractivity contribution in [1.29, 1.82) is 0 Å². The summed E-state index contributed by atoms with van der Waals surface area (Å²) < 4.78 is 42.0. The van der Waals surface area contributed by atoms with E-state index in [-0.39, 0.29) is 103 Å². The molecule has 14 atom stereocenters. The van der Waals surface area contributed by atoms with Crippen LogP contribution in [0.3, 0.4) is 0 Å². The molecule has 4 saturated carbocycles. The van der Waals surface area contributed by atoms with Crippen LogP contribution >= 0.6 is 0 Å². The Morgan fingerprint density at radius 1 is 0.395 bits per heavy atom. The van der Waals surface area contributed by atoms with Crippen LogP contribution < -0.4 is 0 Å². The summed E-state index contributed by atoms with van der Waals surface area (Å²) >= 11 is 0. The van der Waals surface area contributed by atoms with Gasteiger partial charge in [0.25, 0.3) is 0 Å². The van der Waals surface area contributed by atoms with E-state index in [9.17, 15) is 48.6 Å². The van der Waals surface area contributed by atoms with E-state index in [1.165, 1.54) is 187 Å². The average molecular weight is 1760 g/mol. The number of ketones is 1. The average Bonchev–Trinajstić information content (AvgIpc) is 1.64. The minimum Gasteiger partial charge on any atom is -0.469 e. The maximum atomic E-state index is 12.2. The smallest absolute Gasteiger partial charge is 0.306 e. The standard InChI is InChI=1S/C17H30O3.C16H29NO2.C15H28O4.C12H24O2.2C12H22O2.C11H20O2.C9H16O2/c1-4-5-6-7-15-14(8-9-16(15)18)12-17(19)20-11-10-13(2)3;1-4-7-8-9-14-13(10-11-15(14)18)12-16(19)17(5-2)6-3;1-5-6-7-8-13-12(11-14(16)17-2)9-10-15(13,18-3)19-4;1-2-3-4-5-11-10(8-9-13)6-7-12(11)14;1-2-3-4-5-6-8-11-9-7-10-12(13)14-11;1-2-3-4-5-6-7-8-11-9-10-12(13)14-11;1-2-3-4-5-6-7-10-8-9-11(12)13-10;1-2-3-4-5-8-6-7-9(10)11-8/h10,14-16,18H,4-9,11-12H2,1-3H3;13-14H,4-12H2,1-3H3;12-13H,5-11H2,1-4H3;10-14H,2-9H2,1H3;2*11H,2-10H2,1H3;10H,2-9H2,1H3;8H,2-7H2,1H3. The van der Waals surface area contributed by atoms with Gasteiger partial charge in [0, 0.05) is 104 Å². The molecule has 14 unspecified atom stereocenters. The fourth-order valence-corrected chi connectivity index (χ4v) is 19.3. The lowest BCUT2D eigenvalue weighted by atomic mass is 9.85. The Morgan fingerprint density at radius 3 is 1.19 bits per heavy atom.